The molecule has 0 radical (unpaired) electrons. The van der Waals surface area contributed by atoms with Gasteiger partial charge in [-0.05, 0) is 52.4 Å². The smallest absolute Gasteiger partial charge is 0.333 e. The average Bonchev–Trinajstić information content (AvgIpc) is 3.35. The van der Waals surface area contributed by atoms with E-state index in [-0.39, 0.29) is 43.8 Å². The second-order valence-corrected chi connectivity index (χ2v) is 10.9. The van der Waals surface area contributed by atoms with E-state index in [0.717, 1.165) is 33.9 Å². The Labute approximate surface area is 250 Å². The molecule has 6 rings (SSSR count). The summed E-state index contributed by atoms with van der Waals surface area (Å²) in [6, 6.07) is 18.7. The van der Waals surface area contributed by atoms with Crippen LogP contribution in [0.5, 0.6) is 0 Å². The van der Waals surface area contributed by atoms with Crippen molar-refractivity contribution in [1.82, 2.24) is 25.1 Å². The summed E-state index contributed by atoms with van der Waals surface area (Å²) in [5.41, 5.74) is 2.60. The Bertz CT molecular complexity index is 1660. The summed E-state index contributed by atoms with van der Waals surface area (Å²) in [4.78, 5) is 44.7. The molecule has 8 nitrogen and oxygen atoms in total. The Balaban J connectivity index is 1.31. The monoisotopic (exact) mass is 577 g/mol. The molecule has 0 bridgehead atoms. The van der Waals surface area contributed by atoms with Gasteiger partial charge in [-0.25, -0.2) is 14.2 Å². The molecular formula is C34H32FN5O3. The van der Waals surface area contributed by atoms with Gasteiger partial charge in [-0.15, -0.1) is 6.42 Å². The number of amides is 4. The van der Waals surface area contributed by atoms with Crippen LogP contribution in [0.3, 0.4) is 0 Å². The van der Waals surface area contributed by atoms with Crippen LogP contribution in [0.4, 0.5) is 9.18 Å². The van der Waals surface area contributed by atoms with E-state index in [2.05, 4.69) is 11.2 Å². The van der Waals surface area contributed by atoms with Gasteiger partial charge in [-0.2, -0.15) is 5.01 Å². The molecule has 218 valence electrons. The molecule has 2 saturated heterocycles. The molecule has 0 aromatic heterocycles. The number of hydrogen-bond acceptors (Lipinski definition) is 4. The van der Waals surface area contributed by atoms with Crippen LogP contribution in [0.1, 0.15) is 24.0 Å². The van der Waals surface area contributed by atoms with Gasteiger partial charge in [0.25, 0.3) is 0 Å². The molecule has 2 fully saturated rings. The quantitative estimate of drug-likeness (QED) is 0.428. The Morgan fingerprint density at radius 2 is 1.86 bits per heavy atom. The van der Waals surface area contributed by atoms with Gasteiger partial charge in [-0.3, -0.25) is 9.59 Å². The molecule has 4 amide bonds. The second kappa shape index (κ2) is 12.1. The van der Waals surface area contributed by atoms with Crippen LogP contribution in [0.15, 0.2) is 90.5 Å². The first kappa shape index (κ1) is 28.2. The molecule has 0 saturated carbocycles. The second-order valence-electron chi connectivity index (χ2n) is 10.9. The van der Waals surface area contributed by atoms with Crippen molar-refractivity contribution in [3.63, 3.8) is 0 Å². The van der Waals surface area contributed by atoms with E-state index >= 15 is 0 Å². The number of allylic oxidation sites excluding steroid dienone is 3. The minimum atomic E-state index is -0.772. The number of nitrogens with zero attached hydrogens (tertiary/aromatic N) is 4. The van der Waals surface area contributed by atoms with Crippen LogP contribution in [0, 0.1) is 18.2 Å². The molecule has 3 aliphatic rings. The highest BCUT2D eigenvalue weighted by atomic mass is 19.1. The van der Waals surface area contributed by atoms with Crippen LogP contribution in [0.2, 0.25) is 0 Å². The lowest BCUT2D eigenvalue weighted by atomic mass is 9.93. The molecule has 0 unspecified atom stereocenters. The van der Waals surface area contributed by atoms with Crippen molar-refractivity contribution in [2.75, 3.05) is 19.6 Å². The summed E-state index contributed by atoms with van der Waals surface area (Å²) in [7, 11) is 0. The van der Waals surface area contributed by atoms with Gasteiger partial charge in [0.15, 0.2) is 0 Å². The third-order valence-corrected chi connectivity index (χ3v) is 8.24. The van der Waals surface area contributed by atoms with Crippen molar-refractivity contribution in [2.45, 2.75) is 38.1 Å². The molecule has 1 N–H and O–H groups in total. The molecular weight excluding hydrogens is 545 g/mol. The fourth-order valence-corrected chi connectivity index (χ4v) is 6.16. The summed E-state index contributed by atoms with van der Waals surface area (Å²) in [5, 5.41) is 8.03. The molecule has 3 aromatic rings. The maximum absolute atomic E-state index is 14.2. The number of piperazine rings is 1. The number of hydrogen-bond donors (Lipinski definition) is 1. The van der Waals surface area contributed by atoms with E-state index in [4.69, 9.17) is 6.42 Å². The van der Waals surface area contributed by atoms with E-state index in [1.165, 1.54) is 17.1 Å². The minimum Gasteiger partial charge on any atom is -0.333 e. The predicted molar refractivity (Wildman–Crippen MR) is 161 cm³/mol. The zero-order valence-electron chi connectivity index (χ0n) is 23.7. The van der Waals surface area contributed by atoms with Gasteiger partial charge in [0.1, 0.15) is 18.0 Å². The molecule has 3 aromatic carbocycles. The third-order valence-electron chi connectivity index (χ3n) is 8.24. The Morgan fingerprint density at radius 3 is 2.63 bits per heavy atom. The highest BCUT2D eigenvalue weighted by Crippen LogP contribution is 2.34. The average molecular weight is 578 g/mol. The first-order valence-corrected chi connectivity index (χ1v) is 14.4. The number of hydrazine groups is 1. The maximum atomic E-state index is 14.2. The number of halogens is 1. The molecule has 2 heterocycles. The number of nitrogens with one attached hydrogen (secondary N) is 1. The van der Waals surface area contributed by atoms with Gasteiger partial charge >= 0.3 is 6.03 Å². The zero-order chi connectivity index (χ0) is 29.9. The van der Waals surface area contributed by atoms with Crippen LogP contribution in [0.25, 0.3) is 10.8 Å². The lowest BCUT2D eigenvalue weighted by molar-refractivity contribution is -0.155. The van der Waals surface area contributed by atoms with E-state index < -0.39 is 18.2 Å². The number of urea groups is 1. The van der Waals surface area contributed by atoms with Crippen molar-refractivity contribution in [2.24, 2.45) is 0 Å². The highest BCUT2D eigenvalue weighted by Gasteiger charge is 2.53. The number of rotatable bonds is 7. The number of carbonyl (C=O) groups is 3. The van der Waals surface area contributed by atoms with E-state index in [1.54, 1.807) is 26.9 Å². The first-order chi connectivity index (χ1) is 20.9. The Morgan fingerprint density at radius 1 is 1.07 bits per heavy atom. The van der Waals surface area contributed by atoms with Crippen LogP contribution < -0.4 is 5.32 Å². The minimum absolute atomic E-state index is 0.0692. The third kappa shape index (κ3) is 5.62. The Kier molecular flexibility index (Phi) is 7.95. The van der Waals surface area contributed by atoms with Gasteiger partial charge in [0.05, 0.1) is 19.6 Å². The summed E-state index contributed by atoms with van der Waals surface area (Å²) < 4.78 is 13.4. The van der Waals surface area contributed by atoms with Crippen molar-refractivity contribution in [3.8, 4) is 12.3 Å². The zero-order valence-corrected chi connectivity index (χ0v) is 23.7. The normalized spacial score (nSPS) is 20.1. The topological polar surface area (TPSA) is 76.2 Å². The number of fused-ring (bicyclic) bond motifs is 2. The van der Waals surface area contributed by atoms with E-state index in [9.17, 15) is 18.8 Å². The fourth-order valence-electron chi connectivity index (χ4n) is 6.16. The van der Waals surface area contributed by atoms with E-state index in [0.29, 0.717) is 13.0 Å². The van der Waals surface area contributed by atoms with Crippen LogP contribution in [-0.2, 0) is 22.7 Å². The van der Waals surface area contributed by atoms with Crippen LogP contribution in [-0.4, -0.2) is 69.5 Å². The van der Waals surface area contributed by atoms with Crippen molar-refractivity contribution in [3.05, 3.63) is 107 Å². The highest BCUT2D eigenvalue weighted by molar-refractivity contribution is 5.94. The lowest BCUT2D eigenvalue weighted by Crippen LogP contribution is -2.66. The summed E-state index contributed by atoms with van der Waals surface area (Å²) in [6.07, 6.45) is 12.4. The van der Waals surface area contributed by atoms with E-state index in [1.807, 2.05) is 60.7 Å². The van der Waals surface area contributed by atoms with Crippen molar-refractivity contribution in [1.29, 1.82) is 0 Å². The van der Waals surface area contributed by atoms with Crippen LogP contribution >= 0.6 is 0 Å². The predicted octanol–water partition coefficient (Wildman–Crippen LogP) is 4.20. The maximum Gasteiger partial charge on any atom is 0.333 e. The van der Waals surface area contributed by atoms with Crippen molar-refractivity contribution >= 4 is 28.6 Å². The first-order valence-electron chi connectivity index (χ1n) is 14.4. The summed E-state index contributed by atoms with van der Waals surface area (Å²) in [5.74, 6) is 1.80. The lowest BCUT2D eigenvalue weighted by Gasteiger charge is -2.46. The Hall–Kier alpha value is -4.94. The molecule has 2 atom stereocenters. The van der Waals surface area contributed by atoms with Crippen molar-refractivity contribution < 1.29 is 18.8 Å². The molecule has 2 aliphatic heterocycles. The largest absolute Gasteiger partial charge is 0.333 e. The number of carbonyl (C=O) groups excluding carboxylic acids is 3. The molecule has 43 heavy (non-hydrogen) atoms. The molecule has 1 aliphatic carbocycles. The van der Waals surface area contributed by atoms with Gasteiger partial charge < -0.3 is 15.1 Å². The summed E-state index contributed by atoms with van der Waals surface area (Å²) >= 11 is 0. The fraction of sp³-hybridized carbons (Fsp3) is 0.265. The molecule has 0 spiro atoms. The number of benzene rings is 3. The van der Waals surface area contributed by atoms with Gasteiger partial charge in [0, 0.05) is 13.1 Å². The molecule has 9 heteroatoms. The van der Waals surface area contributed by atoms with Gasteiger partial charge in [0.2, 0.25) is 11.8 Å². The standard InChI is InChI=1S/C34H32FN5O3/c1-2-19-38(34(43)36-20-24-15-17-28(35)18-16-24)39-23-31(41)40-30(39)22-37(33(42)32(40)26-10-4-3-5-11-26)21-27-13-8-12-25-9-6-7-14-29(25)27/h1,3-4,6-10,12-18,30,32H,5,11,19-23H2,(H,36,43)/t30-,32+/m1/s1. The SMILES string of the molecule is C#CCN(C(=O)NCc1ccc(F)cc1)N1CC(=O)N2[C@@H](C3=CC=CCC3)C(=O)N(Cc3cccc4ccccc34)C[C@@H]21. The number of terminal acetylenes is 1. The van der Waals surface area contributed by atoms with Gasteiger partial charge in [-0.1, -0.05) is 78.7 Å². The summed E-state index contributed by atoms with van der Waals surface area (Å²) in [6.45, 7) is 0.563.